The van der Waals surface area contributed by atoms with Gasteiger partial charge in [-0.3, -0.25) is 9.78 Å². The second-order valence-corrected chi connectivity index (χ2v) is 5.55. The smallest absolute Gasteiger partial charge is 0.305 e. The molecule has 4 nitrogen and oxygen atoms in total. The van der Waals surface area contributed by atoms with Crippen molar-refractivity contribution in [2.45, 2.75) is 26.3 Å². The fourth-order valence-electron chi connectivity index (χ4n) is 2.09. The summed E-state index contributed by atoms with van der Waals surface area (Å²) in [6.45, 7) is 4.00. The molecule has 0 bridgehead atoms. The molecule has 0 amide bonds. The Bertz CT molecular complexity index is 628. The highest BCUT2D eigenvalue weighted by atomic mass is 35.5. The number of benzene rings is 1. The first-order valence-corrected chi connectivity index (χ1v) is 6.88. The van der Waals surface area contributed by atoms with Crippen LogP contribution in [0.15, 0.2) is 30.5 Å². The second kappa shape index (κ2) is 6.09. The van der Waals surface area contributed by atoms with E-state index < -0.39 is 5.97 Å². The topological polar surface area (TPSA) is 62.2 Å². The Kier molecular flexibility index (Phi) is 4.45. The van der Waals surface area contributed by atoms with E-state index in [0.29, 0.717) is 5.02 Å². The first-order valence-electron chi connectivity index (χ1n) is 6.50. The lowest BCUT2D eigenvalue weighted by atomic mass is 10.00. The number of carbonyl (C=O) groups is 1. The van der Waals surface area contributed by atoms with Gasteiger partial charge in [-0.25, -0.2) is 0 Å². The lowest BCUT2D eigenvalue weighted by Gasteiger charge is -2.22. The maximum absolute atomic E-state index is 10.9. The average molecular weight is 293 g/mol. The minimum Gasteiger partial charge on any atom is -0.481 e. The van der Waals surface area contributed by atoms with Crippen molar-refractivity contribution in [3.8, 4) is 0 Å². The Morgan fingerprint density at radius 1 is 1.40 bits per heavy atom. The number of nitrogens with one attached hydrogen (secondary N) is 1. The summed E-state index contributed by atoms with van der Waals surface area (Å²) in [6.07, 6.45) is 1.77. The molecule has 20 heavy (non-hydrogen) atoms. The number of carboxylic acid groups (broad SMARTS) is 1. The van der Waals surface area contributed by atoms with E-state index in [-0.39, 0.29) is 18.4 Å². The van der Waals surface area contributed by atoms with Crippen molar-refractivity contribution in [2.24, 2.45) is 5.92 Å². The highest BCUT2D eigenvalue weighted by Crippen LogP contribution is 2.26. The lowest BCUT2D eigenvalue weighted by Crippen LogP contribution is -2.28. The molecular formula is C15H17ClN2O2. The molecule has 1 atom stereocenters. The molecule has 1 aromatic heterocycles. The van der Waals surface area contributed by atoms with Crippen LogP contribution in [0.1, 0.15) is 20.3 Å². The van der Waals surface area contributed by atoms with Gasteiger partial charge < -0.3 is 10.4 Å². The van der Waals surface area contributed by atoms with Crippen LogP contribution >= 0.6 is 11.6 Å². The van der Waals surface area contributed by atoms with Crippen molar-refractivity contribution < 1.29 is 9.90 Å². The standard InChI is InChI=1S/C15H17ClN2O2/c1-9(2)13(8-15(19)20)18-12-5-6-17-14-7-10(16)3-4-11(12)14/h3-7,9,13H,8H2,1-2H3,(H,17,18)(H,19,20). The number of rotatable bonds is 5. The number of nitrogens with zero attached hydrogens (tertiary/aromatic N) is 1. The zero-order valence-electron chi connectivity index (χ0n) is 11.4. The second-order valence-electron chi connectivity index (χ2n) is 5.11. The number of hydrogen-bond acceptors (Lipinski definition) is 3. The molecule has 0 saturated heterocycles. The molecule has 2 N–H and O–H groups in total. The number of aromatic nitrogens is 1. The maximum Gasteiger partial charge on any atom is 0.305 e. The molecule has 0 radical (unpaired) electrons. The monoisotopic (exact) mass is 292 g/mol. The number of carboxylic acids is 1. The van der Waals surface area contributed by atoms with E-state index in [1.54, 1.807) is 18.3 Å². The molecule has 1 heterocycles. The molecule has 0 spiro atoms. The average Bonchev–Trinajstić information content (AvgIpc) is 2.37. The molecule has 0 fully saturated rings. The van der Waals surface area contributed by atoms with Crippen LogP contribution in [0.25, 0.3) is 10.9 Å². The number of fused-ring (bicyclic) bond motifs is 1. The zero-order chi connectivity index (χ0) is 14.7. The normalized spacial score (nSPS) is 12.6. The van der Waals surface area contributed by atoms with Gasteiger partial charge in [0.1, 0.15) is 0 Å². The SMILES string of the molecule is CC(C)C(CC(=O)O)Nc1ccnc2cc(Cl)ccc12. The molecule has 2 rings (SSSR count). The van der Waals surface area contributed by atoms with E-state index in [1.807, 2.05) is 26.0 Å². The summed E-state index contributed by atoms with van der Waals surface area (Å²) in [4.78, 5) is 15.2. The van der Waals surface area contributed by atoms with E-state index in [1.165, 1.54) is 0 Å². The van der Waals surface area contributed by atoms with Gasteiger partial charge in [-0.1, -0.05) is 25.4 Å². The van der Waals surface area contributed by atoms with E-state index >= 15 is 0 Å². The van der Waals surface area contributed by atoms with E-state index in [0.717, 1.165) is 16.6 Å². The Morgan fingerprint density at radius 3 is 2.80 bits per heavy atom. The van der Waals surface area contributed by atoms with Crippen LogP contribution in [-0.4, -0.2) is 22.1 Å². The molecule has 0 aliphatic heterocycles. The van der Waals surface area contributed by atoms with Gasteiger partial charge in [-0.05, 0) is 30.2 Å². The minimum atomic E-state index is -0.808. The first-order chi connectivity index (χ1) is 9.47. The van der Waals surface area contributed by atoms with Gasteiger partial charge in [-0.2, -0.15) is 0 Å². The molecule has 0 aliphatic carbocycles. The maximum atomic E-state index is 10.9. The van der Waals surface area contributed by atoms with Gasteiger partial charge in [0.2, 0.25) is 0 Å². The zero-order valence-corrected chi connectivity index (χ0v) is 12.2. The van der Waals surface area contributed by atoms with E-state index in [2.05, 4.69) is 10.3 Å². The highest BCUT2D eigenvalue weighted by Gasteiger charge is 2.17. The van der Waals surface area contributed by atoms with Crippen LogP contribution in [0.5, 0.6) is 0 Å². The van der Waals surface area contributed by atoms with E-state index in [9.17, 15) is 4.79 Å². The third-order valence-corrected chi connectivity index (χ3v) is 3.48. The first kappa shape index (κ1) is 14.6. The van der Waals surface area contributed by atoms with Gasteiger partial charge >= 0.3 is 5.97 Å². The number of hydrogen-bond donors (Lipinski definition) is 2. The minimum absolute atomic E-state index is 0.0784. The molecule has 0 aliphatic rings. The van der Waals surface area contributed by atoms with Gasteiger partial charge in [0.05, 0.1) is 11.9 Å². The van der Waals surface area contributed by atoms with Gasteiger partial charge in [0.15, 0.2) is 0 Å². The van der Waals surface area contributed by atoms with Crippen molar-refractivity contribution in [3.05, 3.63) is 35.5 Å². The molecule has 2 aromatic rings. The van der Waals surface area contributed by atoms with Crippen LogP contribution in [0.3, 0.4) is 0 Å². The van der Waals surface area contributed by atoms with Crippen molar-refractivity contribution in [3.63, 3.8) is 0 Å². The Balaban J connectivity index is 2.34. The molecule has 1 aromatic carbocycles. The predicted octanol–water partition coefficient (Wildman–Crippen LogP) is 3.80. The van der Waals surface area contributed by atoms with Crippen molar-refractivity contribution in [1.29, 1.82) is 0 Å². The lowest BCUT2D eigenvalue weighted by molar-refractivity contribution is -0.137. The summed E-state index contributed by atoms with van der Waals surface area (Å²) in [5.74, 6) is -0.598. The third-order valence-electron chi connectivity index (χ3n) is 3.24. The van der Waals surface area contributed by atoms with Gasteiger partial charge in [-0.15, -0.1) is 0 Å². The Hall–Kier alpha value is -1.81. The number of pyridine rings is 1. The third kappa shape index (κ3) is 3.39. The summed E-state index contributed by atoms with van der Waals surface area (Å²) in [7, 11) is 0. The van der Waals surface area contributed by atoms with Crippen LogP contribution in [0, 0.1) is 5.92 Å². The summed E-state index contributed by atoms with van der Waals surface area (Å²) in [5, 5.41) is 13.9. The van der Waals surface area contributed by atoms with Gasteiger partial charge in [0, 0.05) is 28.3 Å². The summed E-state index contributed by atoms with van der Waals surface area (Å²) in [6, 6.07) is 7.22. The van der Waals surface area contributed by atoms with Crippen molar-refractivity contribution in [1.82, 2.24) is 4.98 Å². The largest absolute Gasteiger partial charge is 0.481 e. The van der Waals surface area contributed by atoms with Crippen LogP contribution in [0.2, 0.25) is 5.02 Å². The Morgan fingerprint density at radius 2 is 2.15 bits per heavy atom. The Labute approximate surface area is 122 Å². The number of aliphatic carboxylic acids is 1. The molecular weight excluding hydrogens is 276 g/mol. The van der Waals surface area contributed by atoms with Crippen molar-refractivity contribution in [2.75, 3.05) is 5.32 Å². The molecule has 106 valence electrons. The highest BCUT2D eigenvalue weighted by molar-refractivity contribution is 6.31. The number of halogens is 1. The fourth-order valence-corrected chi connectivity index (χ4v) is 2.25. The predicted molar refractivity (Wildman–Crippen MR) is 81.3 cm³/mol. The summed E-state index contributed by atoms with van der Waals surface area (Å²) >= 11 is 5.96. The number of anilines is 1. The molecule has 0 saturated carbocycles. The van der Waals surface area contributed by atoms with E-state index in [4.69, 9.17) is 16.7 Å². The van der Waals surface area contributed by atoms with Crippen LogP contribution in [0.4, 0.5) is 5.69 Å². The summed E-state index contributed by atoms with van der Waals surface area (Å²) in [5.41, 5.74) is 1.67. The van der Waals surface area contributed by atoms with Crippen molar-refractivity contribution >= 4 is 34.2 Å². The molecule has 1 unspecified atom stereocenters. The van der Waals surface area contributed by atoms with Crippen LogP contribution < -0.4 is 5.32 Å². The fraction of sp³-hybridized carbons (Fsp3) is 0.333. The summed E-state index contributed by atoms with van der Waals surface area (Å²) < 4.78 is 0. The molecule has 5 heteroatoms. The van der Waals surface area contributed by atoms with Crippen LogP contribution in [-0.2, 0) is 4.79 Å². The quantitative estimate of drug-likeness (QED) is 0.880. The van der Waals surface area contributed by atoms with Gasteiger partial charge in [0.25, 0.3) is 0 Å².